The average molecular weight is 332 g/mol. The lowest BCUT2D eigenvalue weighted by molar-refractivity contribution is -0.137. The fourth-order valence-electron chi connectivity index (χ4n) is 4.29. The van der Waals surface area contributed by atoms with E-state index < -0.39 is 0 Å². The van der Waals surface area contributed by atoms with E-state index in [1.54, 1.807) is 7.11 Å². The summed E-state index contributed by atoms with van der Waals surface area (Å²) >= 11 is 0. The quantitative estimate of drug-likeness (QED) is 0.866. The number of hydrogen-bond donors (Lipinski definition) is 1. The molecule has 1 aromatic carbocycles. The Kier molecular flexibility index (Phi) is 5.11. The van der Waals surface area contributed by atoms with E-state index >= 15 is 0 Å². The standard InChI is InChI=1S/C19H28N2O3/c1-3-20(13-15-5-7-16(24-2)8-6-15)18(23)17-9-11-19(14-22)10-4-12-21(17)19/h5-8,17,22H,3-4,9-14H2,1-2H3/t17-,19-/m0/s1. The molecule has 0 spiro atoms. The first kappa shape index (κ1) is 17.2. The van der Waals surface area contributed by atoms with Crippen molar-refractivity contribution >= 4 is 5.91 Å². The molecule has 0 radical (unpaired) electrons. The number of aliphatic hydroxyl groups is 1. The smallest absolute Gasteiger partial charge is 0.240 e. The van der Waals surface area contributed by atoms with Gasteiger partial charge in [-0.2, -0.15) is 0 Å². The summed E-state index contributed by atoms with van der Waals surface area (Å²) in [5, 5.41) is 9.83. The monoisotopic (exact) mass is 332 g/mol. The van der Waals surface area contributed by atoms with E-state index in [1.165, 1.54) is 0 Å². The second-order valence-electron chi connectivity index (χ2n) is 6.93. The number of rotatable bonds is 6. The summed E-state index contributed by atoms with van der Waals surface area (Å²) in [5.41, 5.74) is 0.971. The number of ether oxygens (including phenoxy) is 1. The molecule has 5 heteroatoms. The van der Waals surface area contributed by atoms with Gasteiger partial charge in [-0.25, -0.2) is 0 Å². The molecule has 2 aliphatic rings. The second-order valence-corrected chi connectivity index (χ2v) is 6.93. The maximum absolute atomic E-state index is 13.1. The number of benzene rings is 1. The van der Waals surface area contributed by atoms with Crippen molar-refractivity contribution in [3.05, 3.63) is 29.8 Å². The van der Waals surface area contributed by atoms with Crippen LogP contribution in [-0.4, -0.2) is 59.2 Å². The summed E-state index contributed by atoms with van der Waals surface area (Å²) in [6, 6.07) is 7.81. The van der Waals surface area contributed by atoms with Crippen LogP contribution in [0.15, 0.2) is 24.3 Å². The van der Waals surface area contributed by atoms with Gasteiger partial charge in [-0.1, -0.05) is 12.1 Å². The van der Waals surface area contributed by atoms with Gasteiger partial charge >= 0.3 is 0 Å². The lowest BCUT2D eigenvalue weighted by atomic mass is 9.95. The minimum Gasteiger partial charge on any atom is -0.497 e. The molecule has 132 valence electrons. The maximum Gasteiger partial charge on any atom is 0.240 e. The molecule has 2 atom stereocenters. The van der Waals surface area contributed by atoms with Gasteiger partial charge in [0.15, 0.2) is 0 Å². The van der Waals surface area contributed by atoms with Crippen molar-refractivity contribution in [2.75, 3.05) is 26.8 Å². The lowest BCUT2D eigenvalue weighted by Crippen LogP contribution is -2.51. The number of methoxy groups -OCH3 is 1. The predicted octanol–water partition coefficient (Wildman–Crippen LogP) is 2.03. The van der Waals surface area contributed by atoms with Crippen LogP contribution >= 0.6 is 0 Å². The van der Waals surface area contributed by atoms with Crippen LogP contribution in [0.1, 0.15) is 38.2 Å². The van der Waals surface area contributed by atoms with Gasteiger partial charge in [0.1, 0.15) is 5.75 Å². The Morgan fingerprint density at radius 3 is 2.75 bits per heavy atom. The fourth-order valence-corrected chi connectivity index (χ4v) is 4.29. The van der Waals surface area contributed by atoms with Crippen LogP contribution in [0, 0.1) is 0 Å². The van der Waals surface area contributed by atoms with Crippen LogP contribution < -0.4 is 4.74 Å². The number of aliphatic hydroxyl groups excluding tert-OH is 1. The summed E-state index contributed by atoms with van der Waals surface area (Å²) in [4.78, 5) is 17.3. The zero-order valence-corrected chi connectivity index (χ0v) is 14.7. The number of carbonyl (C=O) groups is 1. The molecule has 1 amide bonds. The first-order chi connectivity index (χ1) is 11.6. The third-order valence-corrected chi connectivity index (χ3v) is 5.72. The molecule has 0 aliphatic carbocycles. The molecule has 0 saturated carbocycles. The Balaban J connectivity index is 1.70. The largest absolute Gasteiger partial charge is 0.497 e. The molecule has 0 unspecified atom stereocenters. The van der Waals surface area contributed by atoms with E-state index in [0.29, 0.717) is 13.1 Å². The van der Waals surface area contributed by atoms with E-state index in [2.05, 4.69) is 4.90 Å². The van der Waals surface area contributed by atoms with Crippen molar-refractivity contribution in [1.29, 1.82) is 0 Å². The van der Waals surface area contributed by atoms with Crippen molar-refractivity contribution in [3.63, 3.8) is 0 Å². The Labute approximate surface area is 144 Å². The van der Waals surface area contributed by atoms with Gasteiger partial charge in [0.05, 0.1) is 19.8 Å². The topological polar surface area (TPSA) is 53.0 Å². The lowest BCUT2D eigenvalue weighted by Gasteiger charge is -2.35. The van der Waals surface area contributed by atoms with E-state index in [-0.39, 0.29) is 24.1 Å². The third kappa shape index (κ3) is 3.03. The molecule has 0 bridgehead atoms. The Morgan fingerprint density at radius 1 is 1.38 bits per heavy atom. The fraction of sp³-hybridized carbons (Fsp3) is 0.632. The van der Waals surface area contributed by atoms with Crippen molar-refractivity contribution in [3.8, 4) is 5.75 Å². The Morgan fingerprint density at radius 2 is 2.12 bits per heavy atom. The van der Waals surface area contributed by atoms with Crippen LogP contribution in [0.5, 0.6) is 5.75 Å². The van der Waals surface area contributed by atoms with Crippen LogP contribution in [0.25, 0.3) is 0 Å². The summed E-state index contributed by atoms with van der Waals surface area (Å²) < 4.78 is 5.19. The van der Waals surface area contributed by atoms with Gasteiger partial charge in [0, 0.05) is 18.6 Å². The van der Waals surface area contributed by atoms with Crippen LogP contribution in [0.4, 0.5) is 0 Å². The van der Waals surface area contributed by atoms with E-state index in [0.717, 1.165) is 43.5 Å². The van der Waals surface area contributed by atoms with E-state index in [4.69, 9.17) is 4.74 Å². The average Bonchev–Trinajstić information content (AvgIpc) is 3.18. The van der Waals surface area contributed by atoms with Crippen molar-refractivity contribution < 1.29 is 14.6 Å². The number of nitrogens with zero attached hydrogens (tertiary/aromatic N) is 2. The van der Waals surface area contributed by atoms with Crippen LogP contribution in [-0.2, 0) is 11.3 Å². The van der Waals surface area contributed by atoms with Crippen molar-refractivity contribution in [2.24, 2.45) is 0 Å². The van der Waals surface area contributed by atoms with Gasteiger partial charge < -0.3 is 14.7 Å². The highest BCUT2D eigenvalue weighted by molar-refractivity contribution is 5.82. The van der Waals surface area contributed by atoms with E-state index in [1.807, 2.05) is 36.1 Å². The number of hydrogen-bond acceptors (Lipinski definition) is 4. The first-order valence-corrected chi connectivity index (χ1v) is 8.93. The molecule has 1 aromatic rings. The minimum atomic E-state index is -0.139. The summed E-state index contributed by atoms with van der Waals surface area (Å²) in [5.74, 6) is 1.03. The number of fused-ring (bicyclic) bond motifs is 1. The summed E-state index contributed by atoms with van der Waals surface area (Å²) in [6.07, 6.45) is 3.88. The molecule has 2 aliphatic heterocycles. The first-order valence-electron chi connectivity index (χ1n) is 8.93. The Hall–Kier alpha value is -1.59. The molecule has 2 heterocycles. The van der Waals surface area contributed by atoms with Crippen LogP contribution in [0.2, 0.25) is 0 Å². The highest BCUT2D eigenvalue weighted by Crippen LogP contribution is 2.42. The third-order valence-electron chi connectivity index (χ3n) is 5.72. The van der Waals surface area contributed by atoms with Gasteiger partial charge in [0.2, 0.25) is 5.91 Å². The molecule has 2 saturated heterocycles. The molecule has 24 heavy (non-hydrogen) atoms. The van der Waals surface area contributed by atoms with Gasteiger partial charge in [-0.05, 0) is 56.8 Å². The molecule has 3 rings (SSSR count). The van der Waals surface area contributed by atoms with Crippen molar-refractivity contribution in [2.45, 2.75) is 50.7 Å². The summed E-state index contributed by atoms with van der Waals surface area (Å²) in [7, 11) is 1.65. The van der Waals surface area contributed by atoms with Crippen molar-refractivity contribution in [1.82, 2.24) is 9.80 Å². The summed E-state index contributed by atoms with van der Waals surface area (Å²) in [6.45, 7) is 4.44. The highest BCUT2D eigenvalue weighted by atomic mass is 16.5. The number of carbonyl (C=O) groups excluding carboxylic acids is 1. The highest BCUT2D eigenvalue weighted by Gasteiger charge is 2.51. The second kappa shape index (κ2) is 7.11. The molecular formula is C19H28N2O3. The molecule has 1 N–H and O–H groups in total. The molecule has 2 fully saturated rings. The maximum atomic E-state index is 13.1. The Bertz CT molecular complexity index is 574. The zero-order chi connectivity index (χ0) is 17.2. The van der Waals surface area contributed by atoms with Gasteiger partial charge in [-0.3, -0.25) is 9.69 Å². The molecule has 0 aromatic heterocycles. The minimum absolute atomic E-state index is 0.0714. The number of amides is 1. The zero-order valence-electron chi connectivity index (χ0n) is 14.7. The SMILES string of the molecule is CCN(Cc1ccc(OC)cc1)C(=O)[C@@H]1CC[C@]2(CO)CCCN12. The molecule has 5 nitrogen and oxygen atoms in total. The van der Waals surface area contributed by atoms with Gasteiger partial charge in [0.25, 0.3) is 0 Å². The van der Waals surface area contributed by atoms with E-state index in [9.17, 15) is 9.90 Å². The normalized spacial score (nSPS) is 26.4. The predicted molar refractivity (Wildman–Crippen MR) is 92.9 cm³/mol. The number of likely N-dealkylation sites (N-methyl/N-ethyl adjacent to an activating group) is 1. The van der Waals surface area contributed by atoms with Gasteiger partial charge in [-0.15, -0.1) is 0 Å². The van der Waals surface area contributed by atoms with Crippen LogP contribution in [0.3, 0.4) is 0 Å². The molecular weight excluding hydrogens is 304 g/mol.